The van der Waals surface area contributed by atoms with Gasteiger partial charge in [-0.2, -0.15) is 39.5 Å². The van der Waals surface area contributed by atoms with E-state index < -0.39 is 48.8 Å². The van der Waals surface area contributed by atoms with E-state index in [1.165, 1.54) is 0 Å². The maximum atomic E-state index is 14.2. The molecular weight excluding hydrogens is 451 g/mol. The van der Waals surface area contributed by atoms with E-state index in [0.717, 1.165) is 19.3 Å². The summed E-state index contributed by atoms with van der Waals surface area (Å²) in [6.45, 7) is 1.97. The van der Waals surface area contributed by atoms with Gasteiger partial charge < -0.3 is 5.11 Å². The lowest BCUT2D eigenvalue weighted by molar-refractivity contribution is -0.400. The van der Waals surface area contributed by atoms with Crippen molar-refractivity contribution >= 4 is 0 Å². The lowest BCUT2D eigenvalue weighted by Gasteiger charge is -2.38. The summed E-state index contributed by atoms with van der Waals surface area (Å²) in [5, 5.41) is 10.7. The Hall–Kier alpha value is -1.45. The highest BCUT2D eigenvalue weighted by molar-refractivity contribution is 5.15. The Kier molecular flexibility index (Phi) is 9.93. The van der Waals surface area contributed by atoms with Crippen LogP contribution in [0.15, 0.2) is 30.3 Å². The lowest BCUT2D eigenvalue weighted by atomic mass is 9.82. The van der Waals surface area contributed by atoms with Crippen LogP contribution in [0.3, 0.4) is 0 Å². The number of aliphatic hydroxyl groups is 1. The number of halogens is 9. The molecule has 1 unspecified atom stereocenters. The van der Waals surface area contributed by atoms with Crippen molar-refractivity contribution in [2.75, 3.05) is 0 Å². The molecule has 0 aliphatic rings. The number of unbranched alkanes of at least 4 members (excludes halogenated alkanes) is 5. The van der Waals surface area contributed by atoms with Crippen LogP contribution in [0.1, 0.15) is 70.3 Å². The first-order valence-corrected chi connectivity index (χ1v) is 10.6. The molecule has 0 heterocycles. The van der Waals surface area contributed by atoms with E-state index >= 15 is 0 Å². The van der Waals surface area contributed by atoms with Gasteiger partial charge in [0.25, 0.3) is 0 Å². The Balaban J connectivity index is 3.03. The van der Waals surface area contributed by atoms with E-state index in [1.54, 1.807) is 30.3 Å². The molecule has 1 N–H and O–H groups in total. The number of aryl methyl sites for hydroxylation is 1. The van der Waals surface area contributed by atoms with Gasteiger partial charge in [0, 0.05) is 6.42 Å². The average molecular weight is 480 g/mol. The van der Waals surface area contributed by atoms with Gasteiger partial charge in [-0.05, 0) is 24.8 Å². The summed E-state index contributed by atoms with van der Waals surface area (Å²) in [6, 6.07) is 8.09. The summed E-state index contributed by atoms with van der Waals surface area (Å²) < 4.78 is 120. The Morgan fingerprint density at radius 1 is 0.688 bits per heavy atom. The number of benzene rings is 1. The van der Waals surface area contributed by atoms with Crippen molar-refractivity contribution in [1.29, 1.82) is 0 Å². The number of hydrogen-bond acceptors (Lipinski definition) is 1. The van der Waals surface area contributed by atoms with Gasteiger partial charge in [-0.15, -0.1) is 0 Å². The molecule has 0 bridgehead atoms. The zero-order valence-electron chi connectivity index (χ0n) is 17.8. The molecule has 0 saturated carbocycles. The molecule has 1 aromatic carbocycles. The molecule has 32 heavy (non-hydrogen) atoms. The maximum absolute atomic E-state index is 14.2. The molecule has 0 saturated heterocycles. The van der Waals surface area contributed by atoms with Crippen molar-refractivity contribution in [3.8, 4) is 0 Å². The molecular formula is C22H29F9O. The fourth-order valence-electron chi connectivity index (χ4n) is 3.49. The van der Waals surface area contributed by atoms with Crippen molar-refractivity contribution in [3.05, 3.63) is 35.9 Å². The van der Waals surface area contributed by atoms with Crippen LogP contribution in [0.4, 0.5) is 39.5 Å². The number of alkyl halides is 9. The molecule has 0 amide bonds. The van der Waals surface area contributed by atoms with Crippen LogP contribution < -0.4 is 0 Å². The summed E-state index contributed by atoms with van der Waals surface area (Å²) >= 11 is 0. The maximum Gasteiger partial charge on any atom is 0.460 e. The highest BCUT2D eigenvalue weighted by atomic mass is 19.4. The van der Waals surface area contributed by atoms with Gasteiger partial charge in [-0.3, -0.25) is 0 Å². The largest absolute Gasteiger partial charge is 0.460 e. The van der Waals surface area contributed by atoms with Crippen molar-refractivity contribution in [2.45, 2.75) is 101 Å². The highest BCUT2D eigenvalue weighted by Gasteiger charge is 2.81. The van der Waals surface area contributed by atoms with Gasteiger partial charge in [-0.25, -0.2) is 0 Å². The van der Waals surface area contributed by atoms with Crippen molar-refractivity contribution < 1.29 is 44.6 Å². The standard InChI is InChI=1S/C22H29F9O/c1-2-3-4-5-6-10-14-18(32,15-13-17-11-8-7-9-12-17)16-19(23,24)20(25,26)21(27,28)22(29,30)31/h7-9,11-12,32H,2-6,10,13-16H2,1H3. The van der Waals surface area contributed by atoms with Gasteiger partial charge in [0.15, 0.2) is 0 Å². The van der Waals surface area contributed by atoms with Crippen LogP contribution in [0, 0.1) is 0 Å². The van der Waals surface area contributed by atoms with E-state index in [-0.39, 0.29) is 12.8 Å². The van der Waals surface area contributed by atoms with Crippen LogP contribution in [0.2, 0.25) is 0 Å². The van der Waals surface area contributed by atoms with E-state index in [4.69, 9.17) is 0 Å². The summed E-state index contributed by atoms with van der Waals surface area (Å²) in [6.07, 6.45) is -6.01. The number of rotatable bonds is 14. The first kappa shape index (κ1) is 28.6. The van der Waals surface area contributed by atoms with Crippen LogP contribution in [0.5, 0.6) is 0 Å². The topological polar surface area (TPSA) is 20.2 Å². The van der Waals surface area contributed by atoms with Gasteiger partial charge in [0.05, 0.1) is 5.60 Å². The lowest BCUT2D eigenvalue weighted by Crippen LogP contribution is -2.62. The zero-order valence-corrected chi connectivity index (χ0v) is 17.8. The van der Waals surface area contributed by atoms with Crippen molar-refractivity contribution in [3.63, 3.8) is 0 Å². The smallest absolute Gasteiger partial charge is 0.390 e. The van der Waals surface area contributed by atoms with Crippen molar-refractivity contribution in [2.24, 2.45) is 0 Å². The minimum atomic E-state index is -6.95. The first-order chi connectivity index (χ1) is 14.6. The van der Waals surface area contributed by atoms with Crippen LogP contribution in [-0.2, 0) is 6.42 Å². The van der Waals surface area contributed by atoms with E-state index in [0.29, 0.717) is 18.4 Å². The second-order valence-corrected chi connectivity index (χ2v) is 8.26. The summed E-state index contributed by atoms with van der Waals surface area (Å²) in [5.41, 5.74) is -1.97. The van der Waals surface area contributed by atoms with Crippen LogP contribution >= 0.6 is 0 Å². The molecule has 0 aromatic heterocycles. The third-order valence-electron chi connectivity index (χ3n) is 5.48. The number of hydrogen-bond donors (Lipinski definition) is 1. The Morgan fingerprint density at radius 3 is 1.75 bits per heavy atom. The normalized spacial score (nSPS) is 15.6. The molecule has 1 nitrogen and oxygen atoms in total. The summed E-state index contributed by atoms with van der Waals surface area (Å²) in [5.74, 6) is -19.5. The van der Waals surface area contributed by atoms with Gasteiger partial charge in [0.1, 0.15) is 0 Å². The molecule has 1 atom stereocenters. The molecule has 0 fully saturated rings. The molecule has 0 radical (unpaired) electrons. The van der Waals surface area contributed by atoms with Crippen LogP contribution in [0.25, 0.3) is 0 Å². The van der Waals surface area contributed by atoms with E-state index in [9.17, 15) is 44.6 Å². The first-order valence-electron chi connectivity index (χ1n) is 10.6. The van der Waals surface area contributed by atoms with E-state index in [1.807, 2.05) is 6.92 Å². The molecule has 1 rings (SSSR count). The van der Waals surface area contributed by atoms with Crippen molar-refractivity contribution in [1.82, 2.24) is 0 Å². The predicted octanol–water partition coefficient (Wildman–Crippen LogP) is 7.96. The molecule has 1 aromatic rings. The third-order valence-corrected chi connectivity index (χ3v) is 5.48. The summed E-state index contributed by atoms with van der Waals surface area (Å²) in [4.78, 5) is 0. The minimum absolute atomic E-state index is 0.0372. The third kappa shape index (κ3) is 7.28. The monoisotopic (exact) mass is 480 g/mol. The minimum Gasteiger partial charge on any atom is -0.390 e. The molecule has 0 spiro atoms. The zero-order chi connectivity index (χ0) is 24.7. The fourth-order valence-corrected chi connectivity index (χ4v) is 3.49. The Morgan fingerprint density at radius 2 is 1.22 bits per heavy atom. The van der Waals surface area contributed by atoms with Crippen LogP contribution in [-0.4, -0.2) is 34.7 Å². The SMILES string of the molecule is CCCCCCCCC(O)(CCc1ccccc1)CC(F)(F)C(F)(F)C(F)(F)C(F)(F)F. The van der Waals surface area contributed by atoms with Gasteiger partial charge >= 0.3 is 23.9 Å². The highest BCUT2D eigenvalue weighted by Crippen LogP contribution is 2.55. The second-order valence-electron chi connectivity index (χ2n) is 8.26. The summed E-state index contributed by atoms with van der Waals surface area (Å²) in [7, 11) is 0. The molecule has 0 aliphatic carbocycles. The second kappa shape index (κ2) is 11.1. The van der Waals surface area contributed by atoms with Gasteiger partial charge in [0.2, 0.25) is 0 Å². The Labute approximate surface area is 182 Å². The van der Waals surface area contributed by atoms with Gasteiger partial charge in [-0.1, -0.05) is 75.8 Å². The predicted molar refractivity (Wildman–Crippen MR) is 103 cm³/mol. The molecule has 10 heteroatoms. The Bertz CT molecular complexity index is 674. The molecule has 186 valence electrons. The van der Waals surface area contributed by atoms with E-state index in [2.05, 4.69) is 0 Å². The average Bonchev–Trinajstić information content (AvgIpc) is 2.68. The quantitative estimate of drug-likeness (QED) is 0.212. The molecule has 0 aliphatic heterocycles. The fraction of sp³-hybridized carbons (Fsp3) is 0.727.